The highest BCUT2D eigenvalue weighted by molar-refractivity contribution is 5.58. The topological polar surface area (TPSA) is 87.6 Å². The first kappa shape index (κ1) is 10.8. The van der Waals surface area contributed by atoms with Crippen LogP contribution >= 0.6 is 0 Å². The smallest absolute Gasteiger partial charge is 0.222 e. The molecule has 0 saturated heterocycles. The molecule has 1 heterocycles. The lowest BCUT2D eigenvalue weighted by molar-refractivity contribution is 0.620. The monoisotopic (exact) mass is 229 g/mol. The molecule has 0 aliphatic rings. The molecule has 0 aliphatic heterocycles. The summed E-state index contributed by atoms with van der Waals surface area (Å²) in [5.41, 5.74) is 6.49. The van der Waals surface area contributed by atoms with Gasteiger partial charge in [0.1, 0.15) is 0 Å². The summed E-state index contributed by atoms with van der Waals surface area (Å²) in [6, 6.07) is 8.52. The lowest BCUT2D eigenvalue weighted by Gasteiger charge is -2.06. The van der Waals surface area contributed by atoms with Gasteiger partial charge in [-0.15, -0.1) is 0 Å². The molecule has 2 rings (SSSR count). The maximum atomic E-state index is 13.3. The van der Waals surface area contributed by atoms with Crippen LogP contribution in [0, 0.1) is 17.1 Å². The Labute approximate surface area is 96.7 Å². The predicted molar refractivity (Wildman–Crippen MR) is 60.8 cm³/mol. The lowest BCUT2D eigenvalue weighted by atomic mass is 10.2. The van der Waals surface area contributed by atoms with Crippen LogP contribution < -0.4 is 11.1 Å². The van der Waals surface area contributed by atoms with Crippen molar-refractivity contribution in [1.29, 1.82) is 5.26 Å². The lowest BCUT2D eigenvalue weighted by Crippen LogP contribution is -2.02. The van der Waals surface area contributed by atoms with Gasteiger partial charge in [0.15, 0.2) is 11.6 Å². The summed E-state index contributed by atoms with van der Waals surface area (Å²) in [6.45, 7) is 0. The Balaban J connectivity index is 2.25. The maximum absolute atomic E-state index is 13.3. The number of benzene rings is 1. The van der Waals surface area contributed by atoms with Gasteiger partial charge in [0.2, 0.25) is 5.95 Å². The molecule has 84 valence electrons. The predicted octanol–water partition coefficient (Wildman–Crippen LogP) is 1.81. The van der Waals surface area contributed by atoms with E-state index in [1.54, 1.807) is 24.3 Å². The Kier molecular flexibility index (Phi) is 2.83. The highest BCUT2D eigenvalue weighted by Crippen LogP contribution is 2.17. The van der Waals surface area contributed by atoms with E-state index in [1.807, 2.05) is 6.07 Å². The summed E-state index contributed by atoms with van der Waals surface area (Å²) in [5, 5.41) is 11.4. The Morgan fingerprint density at radius 3 is 2.65 bits per heavy atom. The SMILES string of the molecule is N#Cc1ccc(Nc2nc(N)ncc2F)cc1. The Morgan fingerprint density at radius 2 is 2.00 bits per heavy atom. The first-order chi connectivity index (χ1) is 8.19. The molecule has 1 aromatic heterocycles. The fourth-order valence-electron chi connectivity index (χ4n) is 1.23. The number of anilines is 3. The highest BCUT2D eigenvalue weighted by Gasteiger charge is 2.05. The first-order valence-corrected chi connectivity index (χ1v) is 4.74. The maximum Gasteiger partial charge on any atom is 0.222 e. The average molecular weight is 229 g/mol. The van der Waals surface area contributed by atoms with Crippen molar-refractivity contribution in [2.45, 2.75) is 0 Å². The third-order valence-corrected chi connectivity index (χ3v) is 2.04. The molecule has 0 fully saturated rings. The molecule has 1 aromatic carbocycles. The third kappa shape index (κ3) is 2.46. The van der Waals surface area contributed by atoms with Crippen LogP contribution in [0.3, 0.4) is 0 Å². The van der Waals surface area contributed by atoms with Crippen molar-refractivity contribution in [3.8, 4) is 6.07 Å². The molecule has 5 nitrogen and oxygen atoms in total. The molecular formula is C11H8FN5. The van der Waals surface area contributed by atoms with Crippen LogP contribution in [0.5, 0.6) is 0 Å². The molecule has 0 aliphatic carbocycles. The Morgan fingerprint density at radius 1 is 1.29 bits per heavy atom. The van der Waals surface area contributed by atoms with E-state index < -0.39 is 5.82 Å². The molecule has 0 radical (unpaired) electrons. The molecule has 0 atom stereocenters. The molecule has 0 saturated carbocycles. The van der Waals surface area contributed by atoms with Crippen molar-refractivity contribution >= 4 is 17.5 Å². The molecule has 2 aromatic rings. The van der Waals surface area contributed by atoms with Crippen LogP contribution in [0.4, 0.5) is 21.8 Å². The van der Waals surface area contributed by atoms with Crippen LogP contribution in [0.1, 0.15) is 5.56 Å². The van der Waals surface area contributed by atoms with E-state index in [0.29, 0.717) is 11.3 Å². The van der Waals surface area contributed by atoms with Gasteiger partial charge in [-0.3, -0.25) is 0 Å². The van der Waals surface area contributed by atoms with Crippen LogP contribution in [-0.2, 0) is 0 Å². The minimum Gasteiger partial charge on any atom is -0.368 e. The quantitative estimate of drug-likeness (QED) is 0.819. The summed E-state index contributed by atoms with van der Waals surface area (Å²) in [7, 11) is 0. The standard InChI is InChI=1S/C11H8FN5/c12-9-6-15-11(14)17-10(9)16-8-3-1-7(5-13)2-4-8/h1-4,6H,(H3,14,15,16,17). The summed E-state index contributed by atoms with van der Waals surface area (Å²) < 4.78 is 13.3. The van der Waals surface area contributed by atoms with E-state index >= 15 is 0 Å². The highest BCUT2D eigenvalue weighted by atomic mass is 19.1. The summed E-state index contributed by atoms with van der Waals surface area (Å²) in [4.78, 5) is 7.24. The Bertz CT molecular complexity index is 573. The van der Waals surface area contributed by atoms with Gasteiger partial charge in [0.25, 0.3) is 0 Å². The number of nitrogen functional groups attached to an aromatic ring is 1. The van der Waals surface area contributed by atoms with Crippen molar-refractivity contribution in [2.75, 3.05) is 11.1 Å². The van der Waals surface area contributed by atoms with E-state index in [4.69, 9.17) is 11.0 Å². The van der Waals surface area contributed by atoms with Gasteiger partial charge >= 0.3 is 0 Å². The van der Waals surface area contributed by atoms with Crippen molar-refractivity contribution in [2.24, 2.45) is 0 Å². The molecule has 0 spiro atoms. The van der Waals surface area contributed by atoms with E-state index in [2.05, 4.69) is 15.3 Å². The minimum absolute atomic E-state index is 0.00204. The van der Waals surface area contributed by atoms with Crippen molar-refractivity contribution in [3.05, 3.63) is 41.8 Å². The van der Waals surface area contributed by atoms with E-state index in [9.17, 15) is 4.39 Å². The second-order valence-electron chi connectivity index (χ2n) is 3.24. The molecule has 0 amide bonds. The molecule has 6 heteroatoms. The normalized spacial score (nSPS) is 9.65. The molecular weight excluding hydrogens is 221 g/mol. The number of rotatable bonds is 2. The number of nitrogens with two attached hydrogens (primary N) is 1. The van der Waals surface area contributed by atoms with E-state index in [0.717, 1.165) is 6.20 Å². The molecule has 0 unspecified atom stereocenters. The first-order valence-electron chi connectivity index (χ1n) is 4.74. The van der Waals surface area contributed by atoms with Gasteiger partial charge in [-0.2, -0.15) is 10.2 Å². The number of nitriles is 1. The largest absolute Gasteiger partial charge is 0.368 e. The summed E-state index contributed by atoms with van der Waals surface area (Å²) in [6.07, 6.45) is 0.994. The van der Waals surface area contributed by atoms with Crippen molar-refractivity contribution in [3.63, 3.8) is 0 Å². The number of hydrogen-bond acceptors (Lipinski definition) is 5. The fourth-order valence-corrected chi connectivity index (χ4v) is 1.23. The fraction of sp³-hybridized carbons (Fsp3) is 0. The summed E-state index contributed by atoms with van der Waals surface area (Å²) >= 11 is 0. The van der Waals surface area contributed by atoms with Gasteiger partial charge in [-0.1, -0.05) is 0 Å². The van der Waals surface area contributed by atoms with Crippen LogP contribution in [0.2, 0.25) is 0 Å². The van der Waals surface area contributed by atoms with E-state index in [1.165, 1.54) is 0 Å². The van der Waals surface area contributed by atoms with Crippen LogP contribution in [0.25, 0.3) is 0 Å². The minimum atomic E-state index is -0.594. The number of hydrogen-bond donors (Lipinski definition) is 2. The zero-order valence-corrected chi connectivity index (χ0v) is 8.68. The summed E-state index contributed by atoms with van der Waals surface area (Å²) in [5.74, 6) is -0.603. The number of nitrogens with zero attached hydrogens (tertiary/aromatic N) is 3. The number of nitrogens with one attached hydrogen (secondary N) is 1. The zero-order chi connectivity index (χ0) is 12.3. The van der Waals surface area contributed by atoms with Gasteiger partial charge in [0, 0.05) is 5.69 Å². The second kappa shape index (κ2) is 4.45. The molecule has 3 N–H and O–H groups in total. The van der Waals surface area contributed by atoms with Gasteiger partial charge in [-0.05, 0) is 24.3 Å². The average Bonchev–Trinajstić information content (AvgIpc) is 2.35. The number of aromatic nitrogens is 2. The van der Waals surface area contributed by atoms with Gasteiger partial charge < -0.3 is 11.1 Å². The Hall–Kier alpha value is -2.68. The number of halogens is 1. The molecule has 17 heavy (non-hydrogen) atoms. The van der Waals surface area contributed by atoms with Crippen LogP contribution in [-0.4, -0.2) is 9.97 Å². The van der Waals surface area contributed by atoms with E-state index in [-0.39, 0.29) is 11.8 Å². The van der Waals surface area contributed by atoms with Gasteiger partial charge in [-0.25, -0.2) is 9.37 Å². The third-order valence-electron chi connectivity index (χ3n) is 2.04. The van der Waals surface area contributed by atoms with Crippen LogP contribution in [0.15, 0.2) is 30.5 Å². The molecule has 0 bridgehead atoms. The van der Waals surface area contributed by atoms with Gasteiger partial charge in [0.05, 0.1) is 17.8 Å². The second-order valence-corrected chi connectivity index (χ2v) is 3.24. The van der Waals surface area contributed by atoms with Crippen molar-refractivity contribution < 1.29 is 4.39 Å². The van der Waals surface area contributed by atoms with Crippen molar-refractivity contribution in [1.82, 2.24) is 9.97 Å². The zero-order valence-electron chi connectivity index (χ0n) is 8.68.